The maximum Gasteiger partial charge on any atom is 0.140 e. The molecule has 0 saturated carbocycles. The van der Waals surface area contributed by atoms with Crippen molar-refractivity contribution in [2.24, 2.45) is 0 Å². The first-order valence-electron chi connectivity index (χ1n) is 6.23. The summed E-state index contributed by atoms with van der Waals surface area (Å²) in [6, 6.07) is 7.38. The monoisotopic (exact) mass is 309 g/mol. The largest absolute Gasteiger partial charge is 0.494 e. The lowest BCUT2D eigenvalue weighted by atomic mass is 10.3. The zero-order valence-electron chi connectivity index (χ0n) is 11.4. The third-order valence-electron chi connectivity index (χ3n) is 2.52. The number of aryl methyl sites for hydroxylation is 1. The summed E-state index contributed by atoms with van der Waals surface area (Å²) in [5.41, 5.74) is 7.54. The molecule has 2 rings (SSSR count). The van der Waals surface area contributed by atoms with Crippen LogP contribution in [0.3, 0.4) is 0 Å². The number of nitrogens with zero attached hydrogens (tertiary/aromatic N) is 2. The number of nitrogens with two attached hydrogens (primary N) is 1. The number of rotatable bonds is 5. The van der Waals surface area contributed by atoms with Crippen LogP contribution in [-0.2, 0) is 5.75 Å². The van der Waals surface area contributed by atoms with Gasteiger partial charge in [0.25, 0.3) is 0 Å². The Morgan fingerprint density at radius 3 is 2.80 bits per heavy atom. The predicted molar refractivity (Wildman–Crippen MR) is 83.4 cm³/mol. The SMILES string of the molecule is CCOc1ccc(N)c(SCc2nc(C)cc(Cl)n2)c1. The highest BCUT2D eigenvalue weighted by Gasteiger charge is 2.06. The van der Waals surface area contributed by atoms with Crippen molar-refractivity contribution < 1.29 is 4.74 Å². The van der Waals surface area contributed by atoms with Gasteiger partial charge >= 0.3 is 0 Å². The van der Waals surface area contributed by atoms with Crippen LogP contribution in [-0.4, -0.2) is 16.6 Å². The van der Waals surface area contributed by atoms with Gasteiger partial charge in [0, 0.05) is 16.3 Å². The number of hydrogen-bond donors (Lipinski definition) is 1. The first-order valence-corrected chi connectivity index (χ1v) is 7.60. The predicted octanol–water partition coefficient (Wildman–Crippen LogP) is 3.71. The molecule has 0 fully saturated rings. The molecule has 0 atom stereocenters. The second-order valence-electron chi connectivity index (χ2n) is 4.17. The Morgan fingerprint density at radius 1 is 1.30 bits per heavy atom. The Kier molecular flexibility index (Phi) is 5.09. The third kappa shape index (κ3) is 4.02. The van der Waals surface area contributed by atoms with Crippen molar-refractivity contribution in [2.45, 2.75) is 24.5 Å². The molecule has 2 aromatic rings. The minimum Gasteiger partial charge on any atom is -0.494 e. The molecule has 6 heteroatoms. The summed E-state index contributed by atoms with van der Waals surface area (Å²) in [5, 5.41) is 0.462. The summed E-state index contributed by atoms with van der Waals surface area (Å²) >= 11 is 7.49. The molecule has 4 nitrogen and oxygen atoms in total. The van der Waals surface area contributed by atoms with E-state index in [2.05, 4.69) is 9.97 Å². The summed E-state index contributed by atoms with van der Waals surface area (Å²) in [6.07, 6.45) is 0. The lowest BCUT2D eigenvalue weighted by Crippen LogP contribution is -1.97. The number of nitrogen functional groups attached to an aromatic ring is 1. The molecule has 0 radical (unpaired) electrons. The first kappa shape index (κ1) is 14.9. The van der Waals surface area contributed by atoms with E-state index in [4.69, 9.17) is 22.1 Å². The van der Waals surface area contributed by atoms with Gasteiger partial charge < -0.3 is 10.5 Å². The molecule has 0 aliphatic heterocycles. The normalized spacial score (nSPS) is 10.6. The number of anilines is 1. The second-order valence-corrected chi connectivity index (χ2v) is 5.57. The maximum atomic E-state index is 5.97. The molecule has 20 heavy (non-hydrogen) atoms. The van der Waals surface area contributed by atoms with Gasteiger partial charge in [-0.15, -0.1) is 11.8 Å². The van der Waals surface area contributed by atoms with Gasteiger partial charge in [0.05, 0.1) is 12.4 Å². The standard InChI is InChI=1S/C14H16ClN3OS/c1-3-19-10-4-5-11(16)12(7-10)20-8-14-17-9(2)6-13(15)18-14/h4-7H,3,8,16H2,1-2H3. The molecule has 0 aliphatic carbocycles. The van der Waals surface area contributed by atoms with Crippen molar-refractivity contribution in [1.29, 1.82) is 0 Å². The summed E-state index contributed by atoms with van der Waals surface area (Å²) in [4.78, 5) is 9.50. The van der Waals surface area contributed by atoms with E-state index in [1.54, 1.807) is 17.8 Å². The Hall–Kier alpha value is -1.46. The van der Waals surface area contributed by atoms with Crippen molar-refractivity contribution >= 4 is 29.1 Å². The molecule has 0 unspecified atom stereocenters. The van der Waals surface area contributed by atoms with Crippen LogP contribution in [0.2, 0.25) is 5.15 Å². The summed E-state index contributed by atoms with van der Waals surface area (Å²) in [7, 11) is 0. The van der Waals surface area contributed by atoms with Gasteiger partial charge in [0.1, 0.15) is 16.7 Å². The number of thioether (sulfide) groups is 1. The molecular formula is C14H16ClN3OS. The van der Waals surface area contributed by atoms with Crippen LogP contribution in [0, 0.1) is 6.92 Å². The van der Waals surface area contributed by atoms with Crippen molar-refractivity contribution in [3.05, 3.63) is 40.9 Å². The molecule has 0 aliphatic rings. The van der Waals surface area contributed by atoms with Gasteiger partial charge in [-0.25, -0.2) is 9.97 Å². The molecule has 1 aromatic heterocycles. The Bertz CT molecular complexity index is 587. The van der Waals surface area contributed by atoms with Gasteiger partial charge in [-0.3, -0.25) is 0 Å². The molecule has 2 N–H and O–H groups in total. The van der Waals surface area contributed by atoms with Gasteiger partial charge in [0.15, 0.2) is 0 Å². The topological polar surface area (TPSA) is 61.0 Å². The van der Waals surface area contributed by atoms with Crippen LogP contribution in [0.15, 0.2) is 29.2 Å². The smallest absolute Gasteiger partial charge is 0.140 e. The first-order chi connectivity index (χ1) is 9.58. The Balaban J connectivity index is 2.11. The van der Waals surface area contributed by atoms with E-state index in [0.717, 1.165) is 22.0 Å². The van der Waals surface area contributed by atoms with Gasteiger partial charge in [-0.05, 0) is 38.1 Å². The highest BCUT2D eigenvalue weighted by atomic mass is 35.5. The van der Waals surface area contributed by atoms with Crippen molar-refractivity contribution in [3.8, 4) is 5.75 Å². The summed E-state index contributed by atoms with van der Waals surface area (Å²) < 4.78 is 5.47. The van der Waals surface area contributed by atoms with Gasteiger partial charge in [0.2, 0.25) is 0 Å². The molecule has 1 aromatic carbocycles. The van der Waals surface area contributed by atoms with Crippen LogP contribution < -0.4 is 10.5 Å². The second kappa shape index (κ2) is 6.81. The zero-order chi connectivity index (χ0) is 14.5. The van der Waals surface area contributed by atoms with E-state index < -0.39 is 0 Å². The molecule has 106 valence electrons. The van der Waals surface area contributed by atoms with E-state index in [0.29, 0.717) is 23.3 Å². The number of aromatic nitrogens is 2. The lowest BCUT2D eigenvalue weighted by Gasteiger charge is -2.09. The third-order valence-corrected chi connectivity index (χ3v) is 3.78. The number of hydrogen-bond acceptors (Lipinski definition) is 5. The fraction of sp³-hybridized carbons (Fsp3) is 0.286. The van der Waals surface area contributed by atoms with Crippen LogP contribution in [0.5, 0.6) is 5.75 Å². The Morgan fingerprint density at radius 2 is 2.10 bits per heavy atom. The van der Waals surface area contributed by atoms with Gasteiger partial charge in [-0.1, -0.05) is 11.6 Å². The van der Waals surface area contributed by atoms with Crippen molar-refractivity contribution in [2.75, 3.05) is 12.3 Å². The van der Waals surface area contributed by atoms with Crippen LogP contribution >= 0.6 is 23.4 Å². The average Bonchev–Trinajstić information content (AvgIpc) is 2.38. The highest BCUT2D eigenvalue weighted by Crippen LogP contribution is 2.31. The summed E-state index contributed by atoms with van der Waals surface area (Å²) in [5.74, 6) is 2.12. The number of benzene rings is 1. The fourth-order valence-electron chi connectivity index (χ4n) is 1.69. The Labute approximate surface area is 127 Å². The molecule has 0 saturated heterocycles. The lowest BCUT2D eigenvalue weighted by molar-refractivity contribution is 0.339. The minimum absolute atomic E-state index is 0.462. The molecule has 0 bridgehead atoms. The summed E-state index contributed by atoms with van der Waals surface area (Å²) in [6.45, 7) is 4.47. The van der Waals surface area contributed by atoms with Crippen molar-refractivity contribution in [1.82, 2.24) is 9.97 Å². The molecule has 1 heterocycles. The van der Waals surface area contributed by atoms with Crippen LogP contribution in [0.25, 0.3) is 0 Å². The van der Waals surface area contributed by atoms with E-state index in [1.807, 2.05) is 32.0 Å². The van der Waals surface area contributed by atoms with E-state index in [-0.39, 0.29) is 0 Å². The quantitative estimate of drug-likeness (QED) is 0.518. The minimum atomic E-state index is 0.462. The van der Waals surface area contributed by atoms with E-state index in [1.165, 1.54) is 0 Å². The van der Waals surface area contributed by atoms with Gasteiger partial charge in [-0.2, -0.15) is 0 Å². The molecule has 0 spiro atoms. The van der Waals surface area contributed by atoms with E-state index >= 15 is 0 Å². The van der Waals surface area contributed by atoms with Crippen LogP contribution in [0.1, 0.15) is 18.4 Å². The van der Waals surface area contributed by atoms with Crippen molar-refractivity contribution in [3.63, 3.8) is 0 Å². The number of halogens is 1. The molecule has 0 amide bonds. The molecular weight excluding hydrogens is 294 g/mol. The zero-order valence-corrected chi connectivity index (χ0v) is 13.0. The average molecular weight is 310 g/mol. The van der Waals surface area contributed by atoms with Crippen LogP contribution in [0.4, 0.5) is 5.69 Å². The highest BCUT2D eigenvalue weighted by molar-refractivity contribution is 7.98. The number of ether oxygens (including phenoxy) is 1. The fourth-order valence-corrected chi connectivity index (χ4v) is 2.80. The van der Waals surface area contributed by atoms with E-state index in [9.17, 15) is 0 Å². The maximum absolute atomic E-state index is 5.97.